The highest BCUT2D eigenvalue weighted by molar-refractivity contribution is 6.11. The highest BCUT2D eigenvalue weighted by Gasteiger charge is 2.25. The summed E-state index contributed by atoms with van der Waals surface area (Å²) in [5.74, 6) is 0. The van der Waals surface area contributed by atoms with Gasteiger partial charge in [-0.15, -0.1) is 0 Å². The number of anilines is 1. The first-order valence-corrected chi connectivity index (χ1v) is 5.21. The summed E-state index contributed by atoms with van der Waals surface area (Å²) >= 11 is 0. The van der Waals surface area contributed by atoms with Crippen LogP contribution in [0.3, 0.4) is 0 Å². The lowest BCUT2D eigenvalue weighted by Gasteiger charge is -2.18. The maximum Gasteiger partial charge on any atom is 0.422 e. The van der Waals surface area contributed by atoms with Crippen molar-refractivity contribution in [1.29, 1.82) is 0 Å². The molecule has 1 aromatic carbocycles. The average Bonchev–Trinajstić information content (AvgIpc) is 2.94. The van der Waals surface area contributed by atoms with Crippen LogP contribution in [-0.2, 0) is 4.74 Å². The van der Waals surface area contributed by atoms with Crippen LogP contribution in [0.25, 0.3) is 0 Å². The maximum absolute atomic E-state index is 12.1. The minimum atomic E-state index is -0.762. The molecule has 1 aromatic heterocycles. The van der Waals surface area contributed by atoms with E-state index in [0.29, 0.717) is 5.69 Å². The van der Waals surface area contributed by atoms with Gasteiger partial charge in [0.05, 0.1) is 12.8 Å². The number of nitrogens with zero attached hydrogens (tertiary/aromatic N) is 3. The highest BCUT2D eigenvalue weighted by atomic mass is 16.5. The fourth-order valence-corrected chi connectivity index (χ4v) is 1.45. The smallest absolute Gasteiger partial charge is 0.422 e. The van der Waals surface area contributed by atoms with Crippen molar-refractivity contribution >= 4 is 17.8 Å². The van der Waals surface area contributed by atoms with Gasteiger partial charge in [0.2, 0.25) is 0 Å². The van der Waals surface area contributed by atoms with E-state index >= 15 is 0 Å². The van der Waals surface area contributed by atoms with Gasteiger partial charge in [0, 0.05) is 12.4 Å². The Kier molecular flexibility index (Phi) is 3.38. The molecule has 2 aromatic rings. The van der Waals surface area contributed by atoms with E-state index in [1.54, 1.807) is 36.4 Å². The quantitative estimate of drug-likeness (QED) is 0.772. The summed E-state index contributed by atoms with van der Waals surface area (Å²) in [6, 6.07) is 9.51. The first-order valence-electron chi connectivity index (χ1n) is 5.21. The molecule has 0 spiro atoms. The van der Waals surface area contributed by atoms with E-state index < -0.39 is 12.1 Å². The van der Waals surface area contributed by atoms with Crippen molar-refractivity contribution in [2.24, 2.45) is 0 Å². The van der Waals surface area contributed by atoms with Crippen LogP contribution in [0.15, 0.2) is 48.8 Å². The minimum absolute atomic E-state index is 0.421. The lowest BCUT2D eigenvalue weighted by atomic mass is 10.3. The van der Waals surface area contributed by atoms with Crippen molar-refractivity contribution in [1.82, 2.24) is 9.78 Å². The van der Waals surface area contributed by atoms with E-state index in [1.165, 1.54) is 19.5 Å². The number of methoxy groups -OCH3 is 1. The maximum atomic E-state index is 12.1. The van der Waals surface area contributed by atoms with E-state index in [2.05, 4.69) is 9.84 Å². The summed E-state index contributed by atoms with van der Waals surface area (Å²) in [5.41, 5.74) is 0.421. The van der Waals surface area contributed by atoms with Gasteiger partial charge in [-0.3, -0.25) is 0 Å². The van der Waals surface area contributed by atoms with Crippen LogP contribution >= 0.6 is 0 Å². The largest absolute Gasteiger partial charge is 0.452 e. The Bertz CT molecular complexity index is 537. The van der Waals surface area contributed by atoms with Crippen LogP contribution in [0.4, 0.5) is 15.3 Å². The van der Waals surface area contributed by atoms with Crippen LogP contribution in [0.2, 0.25) is 0 Å². The number of hydrogen-bond acceptors (Lipinski definition) is 4. The molecular weight excluding hydrogens is 234 g/mol. The molecule has 0 atom stereocenters. The number of hydrogen-bond donors (Lipinski definition) is 0. The number of benzene rings is 1. The second-order valence-electron chi connectivity index (χ2n) is 3.37. The monoisotopic (exact) mass is 245 g/mol. The molecule has 0 aliphatic carbocycles. The van der Waals surface area contributed by atoms with Crippen molar-refractivity contribution < 1.29 is 14.3 Å². The van der Waals surface area contributed by atoms with Gasteiger partial charge in [-0.1, -0.05) is 18.2 Å². The van der Waals surface area contributed by atoms with Gasteiger partial charge in [0.1, 0.15) is 0 Å². The first kappa shape index (κ1) is 11.8. The average molecular weight is 245 g/mol. The number of aromatic nitrogens is 2. The molecule has 0 aliphatic rings. The molecule has 0 fully saturated rings. The topological polar surface area (TPSA) is 64.4 Å². The Morgan fingerprint density at radius 1 is 1.22 bits per heavy atom. The summed E-state index contributed by atoms with van der Waals surface area (Å²) in [5, 5.41) is 3.80. The Morgan fingerprint density at radius 2 is 1.94 bits per heavy atom. The SMILES string of the molecule is COC(=O)N(C(=O)n1cccn1)c1ccccc1. The molecule has 0 unspecified atom stereocenters. The Balaban J connectivity index is 2.38. The zero-order valence-electron chi connectivity index (χ0n) is 9.69. The molecule has 2 rings (SSSR count). The van der Waals surface area contributed by atoms with Crippen LogP contribution in [-0.4, -0.2) is 29.0 Å². The molecule has 2 amide bonds. The third-order valence-corrected chi connectivity index (χ3v) is 2.26. The van der Waals surface area contributed by atoms with Gasteiger partial charge >= 0.3 is 12.1 Å². The summed E-state index contributed by atoms with van der Waals surface area (Å²) < 4.78 is 5.67. The molecule has 0 saturated heterocycles. The van der Waals surface area contributed by atoms with Crippen LogP contribution in [0.1, 0.15) is 0 Å². The van der Waals surface area contributed by atoms with Crippen molar-refractivity contribution in [2.75, 3.05) is 12.0 Å². The molecule has 0 bridgehead atoms. The molecule has 1 heterocycles. The van der Waals surface area contributed by atoms with E-state index in [0.717, 1.165) is 9.58 Å². The molecular formula is C12H11N3O3. The molecule has 0 aliphatic heterocycles. The molecule has 6 nitrogen and oxygen atoms in total. The second kappa shape index (κ2) is 5.13. The number of imide groups is 1. The summed E-state index contributed by atoms with van der Waals surface area (Å²) in [4.78, 5) is 24.7. The minimum Gasteiger partial charge on any atom is -0.452 e. The summed E-state index contributed by atoms with van der Waals surface area (Å²) in [6.45, 7) is 0. The molecule has 0 N–H and O–H groups in total. The van der Waals surface area contributed by atoms with Gasteiger partial charge in [-0.2, -0.15) is 14.7 Å². The third-order valence-electron chi connectivity index (χ3n) is 2.26. The molecule has 0 saturated carbocycles. The van der Waals surface area contributed by atoms with E-state index in [9.17, 15) is 9.59 Å². The van der Waals surface area contributed by atoms with E-state index in [-0.39, 0.29) is 0 Å². The van der Waals surface area contributed by atoms with Gasteiger partial charge in [0.25, 0.3) is 0 Å². The Hall–Kier alpha value is -2.63. The zero-order chi connectivity index (χ0) is 13.0. The van der Waals surface area contributed by atoms with E-state index in [4.69, 9.17) is 0 Å². The van der Waals surface area contributed by atoms with Crippen LogP contribution < -0.4 is 4.90 Å². The van der Waals surface area contributed by atoms with Crippen molar-refractivity contribution in [3.63, 3.8) is 0 Å². The third kappa shape index (κ3) is 2.22. The number of ether oxygens (including phenoxy) is 1. The Morgan fingerprint density at radius 3 is 2.50 bits per heavy atom. The number of amides is 2. The zero-order valence-corrected chi connectivity index (χ0v) is 9.69. The predicted octanol–water partition coefficient (Wildman–Crippen LogP) is 2.12. The van der Waals surface area contributed by atoms with Gasteiger partial charge in [-0.25, -0.2) is 9.59 Å². The van der Waals surface area contributed by atoms with Gasteiger partial charge in [0.15, 0.2) is 0 Å². The number of carbonyl (C=O) groups is 2. The normalized spacial score (nSPS) is 9.83. The van der Waals surface area contributed by atoms with Crippen molar-refractivity contribution in [2.45, 2.75) is 0 Å². The van der Waals surface area contributed by atoms with Gasteiger partial charge < -0.3 is 4.74 Å². The number of rotatable bonds is 1. The van der Waals surface area contributed by atoms with Crippen molar-refractivity contribution in [3.8, 4) is 0 Å². The first-order chi connectivity index (χ1) is 8.74. The lowest BCUT2D eigenvalue weighted by Crippen LogP contribution is -2.40. The molecule has 18 heavy (non-hydrogen) atoms. The second-order valence-corrected chi connectivity index (χ2v) is 3.37. The molecule has 6 heteroatoms. The fraction of sp³-hybridized carbons (Fsp3) is 0.0833. The summed E-state index contributed by atoms with van der Waals surface area (Å²) in [7, 11) is 1.22. The molecule has 0 radical (unpaired) electrons. The number of carbonyl (C=O) groups excluding carboxylic acids is 2. The lowest BCUT2D eigenvalue weighted by molar-refractivity contribution is 0.178. The number of para-hydroxylation sites is 1. The van der Waals surface area contributed by atoms with Crippen LogP contribution in [0.5, 0.6) is 0 Å². The van der Waals surface area contributed by atoms with Crippen LogP contribution in [0, 0.1) is 0 Å². The summed E-state index contributed by atoms with van der Waals surface area (Å²) in [6.07, 6.45) is 2.15. The van der Waals surface area contributed by atoms with Crippen molar-refractivity contribution in [3.05, 3.63) is 48.8 Å². The standard InChI is InChI=1S/C12H11N3O3/c1-18-12(17)15(10-6-3-2-4-7-10)11(16)14-9-5-8-13-14/h2-9H,1H3. The predicted molar refractivity (Wildman–Crippen MR) is 64.3 cm³/mol. The van der Waals surface area contributed by atoms with E-state index in [1.807, 2.05) is 0 Å². The highest BCUT2D eigenvalue weighted by Crippen LogP contribution is 2.15. The molecule has 92 valence electrons. The Labute approximate surface area is 103 Å². The van der Waals surface area contributed by atoms with Gasteiger partial charge in [-0.05, 0) is 18.2 Å². The fourth-order valence-electron chi connectivity index (χ4n) is 1.45.